The molecule has 3 nitrogen and oxygen atoms in total. The maximum absolute atomic E-state index is 12.4. The van der Waals surface area contributed by atoms with Gasteiger partial charge in [0, 0.05) is 13.0 Å². The second kappa shape index (κ2) is 7.38. The van der Waals surface area contributed by atoms with Gasteiger partial charge in [0.05, 0.1) is 12.2 Å². The van der Waals surface area contributed by atoms with Gasteiger partial charge >= 0.3 is 0 Å². The van der Waals surface area contributed by atoms with Crippen molar-refractivity contribution >= 4 is 5.78 Å². The quantitative estimate of drug-likeness (QED) is 0.702. The van der Waals surface area contributed by atoms with Crippen LogP contribution in [0.3, 0.4) is 0 Å². The van der Waals surface area contributed by atoms with E-state index >= 15 is 0 Å². The molecule has 0 bridgehead atoms. The molecule has 0 amide bonds. The second-order valence-corrected chi connectivity index (χ2v) is 11.6. The molecule has 1 N–H and O–H groups in total. The van der Waals surface area contributed by atoms with Crippen LogP contribution in [-0.4, -0.2) is 30.2 Å². The molecule has 3 heteroatoms. The lowest BCUT2D eigenvalue weighted by molar-refractivity contribution is -0.145. The largest absolute Gasteiger partial charge is 0.387 e. The molecule has 4 saturated carbocycles. The first-order valence-electron chi connectivity index (χ1n) is 11.9. The third-order valence-corrected chi connectivity index (χ3v) is 10.2. The van der Waals surface area contributed by atoms with Gasteiger partial charge in [-0.05, 0) is 106 Å². The van der Waals surface area contributed by atoms with E-state index in [0.717, 1.165) is 55.8 Å². The van der Waals surface area contributed by atoms with Gasteiger partial charge in [0.2, 0.25) is 0 Å². The Morgan fingerprint density at radius 1 is 0.929 bits per heavy atom. The van der Waals surface area contributed by atoms with Gasteiger partial charge in [0.25, 0.3) is 0 Å². The average Bonchev–Trinajstić information content (AvgIpc) is 2.77. The minimum atomic E-state index is -0.627. The zero-order valence-corrected chi connectivity index (χ0v) is 18.6. The highest BCUT2D eigenvalue weighted by atomic mass is 16.5. The van der Waals surface area contributed by atoms with Crippen molar-refractivity contribution in [3.05, 3.63) is 0 Å². The van der Waals surface area contributed by atoms with Crippen LogP contribution in [0, 0.1) is 40.4 Å². The Labute approximate surface area is 172 Å². The topological polar surface area (TPSA) is 46.5 Å². The predicted molar refractivity (Wildman–Crippen MR) is 112 cm³/mol. The summed E-state index contributed by atoms with van der Waals surface area (Å²) in [6.45, 7) is 7.28. The van der Waals surface area contributed by atoms with Gasteiger partial charge in [-0.25, -0.2) is 0 Å². The van der Waals surface area contributed by atoms with Crippen molar-refractivity contribution in [1.29, 1.82) is 0 Å². The summed E-state index contributed by atoms with van der Waals surface area (Å²) in [5, 5.41) is 11.1. The van der Waals surface area contributed by atoms with E-state index in [0.29, 0.717) is 23.7 Å². The normalized spacial score (nSPS) is 51.4. The van der Waals surface area contributed by atoms with E-state index in [-0.39, 0.29) is 5.41 Å². The summed E-state index contributed by atoms with van der Waals surface area (Å²) >= 11 is 0. The molecule has 4 aliphatic rings. The van der Waals surface area contributed by atoms with Crippen molar-refractivity contribution in [2.75, 3.05) is 13.7 Å². The second-order valence-electron chi connectivity index (χ2n) is 11.6. The minimum absolute atomic E-state index is 0.237. The van der Waals surface area contributed by atoms with Gasteiger partial charge in [0.15, 0.2) is 0 Å². The van der Waals surface area contributed by atoms with Crippen LogP contribution in [0.2, 0.25) is 0 Å². The Morgan fingerprint density at radius 3 is 2.36 bits per heavy atom. The zero-order chi connectivity index (χ0) is 20.2. The standard InChI is InChI=1S/C25H42O3/c1-17(26)20-6-5-7-22-19-8-11-23(2)14-15-25(27,16-28-4)13-10-21(23)18(19)9-12-24(20,22)3/h18-22,27H,5-16H2,1-4H3/t18?,19-,20?,21-,22?,23-,24-,25?/m1/s1. The highest BCUT2D eigenvalue weighted by Gasteiger charge is 2.58. The molecule has 160 valence electrons. The van der Waals surface area contributed by atoms with E-state index in [9.17, 15) is 9.90 Å². The molecule has 0 saturated heterocycles. The van der Waals surface area contributed by atoms with Gasteiger partial charge in [-0.3, -0.25) is 4.79 Å². The molecular weight excluding hydrogens is 348 g/mol. The summed E-state index contributed by atoms with van der Waals surface area (Å²) in [5.74, 6) is 3.80. The maximum atomic E-state index is 12.4. The SMILES string of the molecule is COCC1(O)CC[C@@H]2C3CC[C@]4(C)C(C(C)=O)CCCC4[C@@H]3CC[C@]2(C)CC1. The molecule has 4 fully saturated rings. The van der Waals surface area contributed by atoms with E-state index in [4.69, 9.17) is 4.74 Å². The molecule has 0 heterocycles. The summed E-state index contributed by atoms with van der Waals surface area (Å²) < 4.78 is 5.37. The van der Waals surface area contributed by atoms with E-state index in [2.05, 4.69) is 13.8 Å². The number of aliphatic hydroxyl groups is 1. The highest BCUT2D eigenvalue weighted by molar-refractivity contribution is 5.79. The first-order valence-corrected chi connectivity index (χ1v) is 11.9. The van der Waals surface area contributed by atoms with E-state index < -0.39 is 5.60 Å². The molecule has 4 rings (SSSR count). The molecule has 0 aromatic rings. The maximum Gasteiger partial charge on any atom is 0.133 e. The van der Waals surface area contributed by atoms with Gasteiger partial charge in [-0.2, -0.15) is 0 Å². The molecule has 0 aliphatic heterocycles. The Morgan fingerprint density at radius 2 is 1.64 bits per heavy atom. The van der Waals surface area contributed by atoms with Crippen LogP contribution in [0.4, 0.5) is 0 Å². The van der Waals surface area contributed by atoms with Gasteiger partial charge in [-0.1, -0.05) is 20.3 Å². The number of hydrogen-bond acceptors (Lipinski definition) is 3. The number of carbonyl (C=O) groups excluding carboxylic acids is 1. The summed E-state index contributed by atoms with van der Waals surface area (Å²) in [7, 11) is 1.71. The molecular formula is C25H42O3. The molecule has 4 unspecified atom stereocenters. The van der Waals surface area contributed by atoms with Crippen LogP contribution in [0.1, 0.15) is 91.4 Å². The third-order valence-electron chi connectivity index (χ3n) is 10.2. The Bertz CT molecular complexity index is 603. The molecule has 0 spiro atoms. The summed E-state index contributed by atoms with van der Waals surface area (Å²) in [6.07, 6.45) is 12.9. The first kappa shape index (κ1) is 20.8. The van der Waals surface area contributed by atoms with E-state index in [1.165, 1.54) is 38.5 Å². The van der Waals surface area contributed by atoms with Crippen LogP contribution in [0.5, 0.6) is 0 Å². The average molecular weight is 391 g/mol. The molecule has 0 aromatic carbocycles. The van der Waals surface area contributed by atoms with E-state index in [1.54, 1.807) is 7.11 Å². The van der Waals surface area contributed by atoms with Gasteiger partial charge in [0.1, 0.15) is 5.78 Å². The number of fused-ring (bicyclic) bond motifs is 5. The zero-order valence-electron chi connectivity index (χ0n) is 18.6. The lowest BCUT2D eigenvalue weighted by Gasteiger charge is -2.61. The van der Waals surface area contributed by atoms with Gasteiger partial charge in [-0.15, -0.1) is 0 Å². The number of ether oxygens (including phenoxy) is 1. The number of ketones is 1. The van der Waals surface area contributed by atoms with Gasteiger partial charge < -0.3 is 9.84 Å². The fourth-order valence-corrected chi connectivity index (χ4v) is 8.65. The van der Waals surface area contributed by atoms with Crippen molar-refractivity contribution in [3.63, 3.8) is 0 Å². The number of methoxy groups -OCH3 is 1. The first-order chi connectivity index (χ1) is 13.2. The monoisotopic (exact) mass is 390 g/mol. The van der Waals surface area contributed by atoms with Crippen LogP contribution >= 0.6 is 0 Å². The number of Topliss-reactive ketones (excluding diaryl/α,β-unsaturated/α-hetero) is 1. The smallest absolute Gasteiger partial charge is 0.133 e. The number of carbonyl (C=O) groups is 1. The summed E-state index contributed by atoms with van der Waals surface area (Å²) in [4.78, 5) is 12.4. The highest BCUT2D eigenvalue weighted by Crippen LogP contribution is 2.65. The number of rotatable bonds is 3. The minimum Gasteiger partial charge on any atom is -0.387 e. The molecule has 0 radical (unpaired) electrons. The van der Waals surface area contributed by atoms with Crippen LogP contribution in [0.25, 0.3) is 0 Å². The van der Waals surface area contributed by atoms with E-state index in [1.807, 2.05) is 6.92 Å². The van der Waals surface area contributed by atoms with Crippen molar-refractivity contribution in [2.24, 2.45) is 40.4 Å². The Balaban J connectivity index is 1.58. The molecule has 28 heavy (non-hydrogen) atoms. The Hall–Kier alpha value is -0.410. The summed E-state index contributed by atoms with van der Waals surface area (Å²) in [5.41, 5.74) is -0.0133. The number of hydrogen-bond donors (Lipinski definition) is 1. The Kier molecular flexibility index (Phi) is 5.49. The van der Waals surface area contributed by atoms with Crippen LogP contribution in [0.15, 0.2) is 0 Å². The fraction of sp³-hybridized carbons (Fsp3) is 0.960. The third kappa shape index (κ3) is 3.29. The molecule has 4 aliphatic carbocycles. The van der Waals surface area contributed by atoms with Crippen molar-refractivity contribution in [2.45, 2.75) is 97.0 Å². The van der Waals surface area contributed by atoms with Crippen LogP contribution in [-0.2, 0) is 9.53 Å². The molecule has 8 atom stereocenters. The fourth-order valence-electron chi connectivity index (χ4n) is 8.65. The van der Waals surface area contributed by atoms with Crippen molar-refractivity contribution in [3.8, 4) is 0 Å². The van der Waals surface area contributed by atoms with Crippen molar-refractivity contribution < 1.29 is 14.6 Å². The predicted octanol–water partition coefficient (Wildman–Crippen LogP) is 5.39. The summed E-state index contributed by atoms with van der Waals surface area (Å²) in [6, 6.07) is 0. The molecule has 0 aromatic heterocycles. The van der Waals surface area contributed by atoms with Crippen LogP contribution < -0.4 is 0 Å². The lowest BCUT2D eigenvalue weighted by Crippen LogP contribution is -2.54. The van der Waals surface area contributed by atoms with Crippen molar-refractivity contribution in [1.82, 2.24) is 0 Å². The lowest BCUT2D eigenvalue weighted by atomic mass is 9.43.